The van der Waals surface area contributed by atoms with E-state index < -0.39 is 5.82 Å². The van der Waals surface area contributed by atoms with E-state index in [1.54, 1.807) is 29.4 Å². The predicted octanol–water partition coefficient (Wildman–Crippen LogP) is 3.21. The Kier molecular flexibility index (Phi) is 5.26. The minimum atomic E-state index is -0.418. The zero-order valence-corrected chi connectivity index (χ0v) is 15.9. The van der Waals surface area contributed by atoms with Crippen LogP contribution in [-0.4, -0.2) is 46.4 Å². The fraction of sp³-hybridized carbons (Fsp3) is 0.400. The number of carbonyl (C=O) groups is 2. The Bertz CT molecular complexity index is 900. The van der Waals surface area contributed by atoms with E-state index in [-0.39, 0.29) is 23.7 Å². The van der Waals surface area contributed by atoms with Gasteiger partial charge in [0.25, 0.3) is 0 Å². The zero-order chi connectivity index (χ0) is 19.7. The van der Waals surface area contributed by atoms with Crippen molar-refractivity contribution in [3.8, 4) is 11.1 Å². The first kappa shape index (κ1) is 18.8. The van der Waals surface area contributed by atoms with E-state index in [9.17, 15) is 14.0 Å². The second-order valence-electron chi connectivity index (χ2n) is 7.24. The first-order chi connectivity index (χ1) is 13.5. The highest BCUT2D eigenvalue weighted by Gasteiger charge is 2.34. The number of esters is 1. The van der Waals surface area contributed by atoms with Gasteiger partial charge >= 0.3 is 5.97 Å². The van der Waals surface area contributed by atoms with Crippen LogP contribution in [0.5, 0.6) is 0 Å². The molecule has 1 amide bonds. The van der Waals surface area contributed by atoms with Crippen molar-refractivity contribution in [2.45, 2.75) is 25.2 Å². The molecule has 146 valence electrons. The maximum atomic E-state index is 14.0. The van der Waals surface area contributed by atoms with Crippen molar-refractivity contribution in [3.05, 3.63) is 47.3 Å². The molecule has 2 aliphatic heterocycles. The highest BCUT2D eigenvalue weighted by atomic mass is 35.5. The van der Waals surface area contributed by atoms with Crippen molar-refractivity contribution in [1.29, 1.82) is 0 Å². The van der Waals surface area contributed by atoms with E-state index in [1.165, 1.54) is 6.07 Å². The fourth-order valence-corrected chi connectivity index (χ4v) is 3.65. The summed E-state index contributed by atoms with van der Waals surface area (Å²) in [6, 6.07) is 4.48. The quantitative estimate of drug-likeness (QED) is 0.717. The molecule has 0 saturated carbocycles. The number of amides is 1. The smallest absolute Gasteiger partial charge is 0.306 e. The van der Waals surface area contributed by atoms with E-state index >= 15 is 0 Å². The number of ether oxygens (including phenoxy) is 1. The summed E-state index contributed by atoms with van der Waals surface area (Å²) in [7, 11) is 0. The molecular weight excluding hydrogens is 385 g/mol. The molecule has 1 aromatic carbocycles. The van der Waals surface area contributed by atoms with Gasteiger partial charge in [-0.15, -0.1) is 0 Å². The Hall–Kier alpha value is -2.54. The highest BCUT2D eigenvalue weighted by Crippen LogP contribution is 2.29. The Morgan fingerprint density at radius 2 is 2.04 bits per heavy atom. The van der Waals surface area contributed by atoms with Crippen molar-refractivity contribution in [2.75, 3.05) is 19.7 Å². The lowest BCUT2D eigenvalue weighted by atomic mass is 9.96. The molecule has 28 heavy (non-hydrogen) atoms. The van der Waals surface area contributed by atoms with Crippen LogP contribution in [0.2, 0.25) is 5.02 Å². The Balaban J connectivity index is 1.29. The molecule has 0 bridgehead atoms. The minimum absolute atomic E-state index is 0.0791. The molecule has 0 aliphatic carbocycles. The van der Waals surface area contributed by atoms with Gasteiger partial charge in [-0.05, 0) is 24.6 Å². The number of hydrogen-bond donors (Lipinski definition) is 0. The normalized spacial score (nSPS) is 19.4. The van der Waals surface area contributed by atoms with E-state index in [0.29, 0.717) is 60.9 Å². The Morgan fingerprint density at radius 3 is 2.68 bits per heavy atom. The Labute approximate surface area is 166 Å². The zero-order valence-electron chi connectivity index (χ0n) is 15.1. The van der Waals surface area contributed by atoms with E-state index in [1.807, 2.05) is 0 Å². The van der Waals surface area contributed by atoms with Crippen molar-refractivity contribution < 1.29 is 18.7 Å². The number of aromatic nitrogens is 2. The summed E-state index contributed by atoms with van der Waals surface area (Å²) in [5, 5.41) is 0.338. The van der Waals surface area contributed by atoms with Crippen molar-refractivity contribution in [1.82, 2.24) is 14.9 Å². The number of rotatable bonds is 5. The van der Waals surface area contributed by atoms with E-state index in [2.05, 4.69) is 9.97 Å². The molecule has 3 heterocycles. The van der Waals surface area contributed by atoms with Gasteiger partial charge in [-0.2, -0.15) is 0 Å². The molecule has 6 nitrogen and oxygen atoms in total. The van der Waals surface area contributed by atoms with Gasteiger partial charge in [-0.1, -0.05) is 11.6 Å². The molecular formula is C20H19ClFN3O3. The standard InChI is InChI=1S/C20H19ClFN3O3/c21-15-2-3-16(17(22)6-15)13-7-23-20(24-8-13)14-9-25(10-14)18(26)4-1-12-5-19(27)28-11-12/h2-3,6-8,12,14H,1,4-5,9-11H2/t12-/m0/s1. The minimum Gasteiger partial charge on any atom is -0.465 e. The third kappa shape index (κ3) is 3.99. The summed E-state index contributed by atoms with van der Waals surface area (Å²) >= 11 is 5.78. The average molecular weight is 404 g/mol. The Morgan fingerprint density at radius 1 is 1.29 bits per heavy atom. The van der Waals surface area contributed by atoms with Gasteiger partial charge in [0.05, 0.1) is 18.9 Å². The SMILES string of the molecule is O=C1C[C@H](CCC(=O)N2CC(c3ncc(-c4ccc(Cl)cc4F)cn3)C2)CO1. The van der Waals surface area contributed by atoms with Crippen LogP contribution in [0.3, 0.4) is 0 Å². The van der Waals surface area contributed by atoms with Crippen LogP contribution in [0.1, 0.15) is 31.0 Å². The summed E-state index contributed by atoms with van der Waals surface area (Å²) in [6.45, 7) is 1.57. The van der Waals surface area contributed by atoms with E-state index in [4.69, 9.17) is 16.3 Å². The fourth-order valence-electron chi connectivity index (χ4n) is 3.49. The van der Waals surface area contributed by atoms with Gasteiger partial charge in [0, 0.05) is 54.0 Å². The topological polar surface area (TPSA) is 72.4 Å². The molecule has 0 N–H and O–H groups in total. The van der Waals surface area contributed by atoms with Crippen LogP contribution in [0.4, 0.5) is 4.39 Å². The second-order valence-corrected chi connectivity index (χ2v) is 7.68. The molecule has 4 rings (SSSR count). The maximum absolute atomic E-state index is 14.0. The van der Waals surface area contributed by atoms with Crippen LogP contribution in [0.15, 0.2) is 30.6 Å². The van der Waals surface area contributed by atoms with Crippen molar-refractivity contribution >= 4 is 23.5 Å². The van der Waals surface area contributed by atoms with Gasteiger partial charge in [0.15, 0.2) is 0 Å². The summed E-state index contributed by atoms with van der Waals surface area (Å²) in [5.41, 5.74) is 0.981. The number of likely N-dealkylation sites (tertiary alicyclic amines) is 1. The van der Waals surface area contributed by atoms with E-state index in [0.717, 1.165) is 0 Å². The van der Waals surface area contributed by atoms with Crippen LogP contribution >= 0.6 is 11.6 Å². The van der Waals surface area contributed by atoms with Gasteiger partial charge in [0.1, 0.15) is 11.6 Å². The van der Waals surface area contributed by atoms with Gasteiger partial charge in [0.2, 0.25) is 5.91 Å². The lowest BCUT2D eigenvalue weighted by molar-refractivity contribution is -0.138. The number of cyclic esters (lactones) is 1. The van der Waals surface area contributed by atoms with Gasteiger partial charge in [-0.3, -0.25) is 9.59 Å². The van der Waals surface area contributed by atoms with Crippen molar-refractivity contribution in [2.24, 2.45) is 5.92 Å². The summed E-state index contributed by atoms with van der Waals surface area (Å²) in [4.78, 5) is 33.8. The second kappa shape index (κ2) is 7.83. The molecule has 1 aromatic heterocycles. The highest BCUT2D eigenvalue weighted by molar-refractivity contribution is 6.30. The van der Waals surface area contributed by atoms with Crippen LogP contribution in [0.25, 0.3) is 11.1 Å². The first-order valence-corrected chi connectivity index (χ1v) is 9.58. The third-order valence-electron chi connectivity index (χ3n) is 5.22. The van der Waals surface area contributed by atoms with Gasteiger partial charge < -0.3 is 9.64 Å². The number of halogens is 2. The number of nitrogens with zero attached hydrogens (tertiary/aromatic N) is 3. The summed E-state index contributed by atoms with van der Waals surface area (Å²) in [6.07, 6.45) is 4.68. The van der Waals surface area contributed by atoms with Crippen molar-refractivity contribution in [3.63, 3.8) is 0 Å². The predicted molar refractivity (Wildman–Crippen MR) is 100 cm³/mol. The van der Waals surface area contributed by atoms with Crippen LogP contribution in [-0.2, 0) is 14.3 Å². The molecule has 2 aromatic rings. The summed E-state index contributed by atoms with van der Waals surface area (Å²) < 4.78 is 18.9. The summed E-state index contributed by atoms with van der Waals surface area (Å²) in [5.74, 6) is 0.369. The first-order valence-electron chi connectivity index (χ1n) is 9.20. The molecule has 2 fully saturated rings. The van der Waals surface area contributed by atoms with Gasteiger partial charge in [-0.25, -0.2) is 14.4 Å². The van der Waals surface area contributed by atoms with Crippen LogP contribution in [0, 0.1) is 11.7 Å². The molecule has 0 spiro atoms. The lowest BCUT2D eigenvalue weighted by Crippen LogP contribution is -2.49. The third-order valence-corrected chi connectivity index (χ3v) is 5.45. The molecule has 8 heteroatoms. The average Bonchev–Trinajstić information content (AvgIpc) is 3.05. The molecule has 2 saturated heterocycles. The molecule has 2 aliphatic rings. The lowest BCUT2D eigenvalue weighted by Gasteiger charge is -2.38. The largest absolute Gasteiger partial charge is 0.465 e. The van der Waals surface area contributed by atoms with Crippen LogP contribution < -0.4 is 0 Å². The molecule has 1 atom stereocenters. The molecule has 0 radical (unpaired) electrons. The molecule has 0 unspecified atom stereocenters. The monoisotopic (exact) mass is 403 g/mol. The number of carbonyl (C=O) groups excluding carboxylic acids is 2. The number of hydrogen-bond acceptors (Lipinski definition) is 5. The maximum Gasteiger partial charge on any atom is 0.306 e. The number of benzene rings is 1.